The minimum Gasteiger partial charge on any atom is -0.478 e. The molecule has 0 aromatic carbocycles. The van der Waals surface area contributed by atoms with Crippen molar-refractivity contribution in [2.24, 2.45) is 51.2 Å². The summed E-state index contributed by atoms with van der Waals surface area (Å²) in [5.74, 6) is 3.03. The zero-order valence-corrected chi connectivity index (χ0v) is 22.8. The molecule has 0 heterocycles. The SMILES string of the molecule is C/C(=C/CCC(C)[C@@H]1CC[C@]2(C)C3=CCC4C(C)(C)[C@H](C)CC[C@]4(C)C3CC[C@@]12C)C(=O)O. The molecule has 186 valence electrons. The van der Waals surface area contributed by atoms with Gasteiger partial charge in [0.1, 0.15) is 0 Å². The van der Waals surface area contributed by atoms with Gasteiger partial charge >= 0.3 is 5.97 Å². The van der Waals surface area contributed by atoms with E-state index in [4.69, 9.17) is 0 Å². The highest BCUT2D eigenvalue weighted by molar-refractivity contribution is 5.85. The maximum absolute atomic E-state index is 11.2. The molecule has 4 rings (SSSR count). The van der Waals surface area contributed by atoms with E-state index in [1.807, 2.05) is 11.6 Å². The molecule has 4 aliphatic rings. The van der Waals surface area contributed by atoms with Crippen molar-refractivity contribution in [3.05, 3.63) is 23.3 Å². The summed E-state index contributed by atoms with van der Waals surface area (Å²) >= 11 is 0. The van der Waals surface area contributed by atoms with Crippen LogP contribution in [0.3, 0.4) is 0 Å². The van der Waals surface area contributed by atoms with Gasteiger partial charge < -0.3 is 5.11 Å². The standard InChI is InChI=1S/C31H50O2/c1-20(10-9-11-21(2)27(32)33)23-15-18-31(8)25-12-13-26-28(4,5)22(3)14-17-29(26,6)24(25)16-19-30(23,31)7/h11-12,20,22-24,26H,9-10,13-19H2,1-8H3,(H,32,33)/b21-11-/t20?,22-,23+,24?,26?,29-,30+,31-/m1/s1. The van der Waals surface area contributed by atoms with Crippen LogP contribution in [0.2, 0.25) is 0 Å². The highest BCUT2D eigenvalue weighted by atomic mass is 16.4. The van der Waals surface area contributed by atoms with E-state index in [9.17, 15) is 9.90 Å². The molecule has 0 radical (unpaired) electrons. The van der Waals surface area contributed by atoms with E-state index < -0.39 is 5.97 Å². The first-order valence-electron chi connectivity index (χ1n) is 13.9. The van der Waals surface area contributed by atoms with Gasteiger partial charge in [-0.2, -0.15) is 0 Å². The van der Waals surface area contributed by atoms with Crippen molar-refractivity contribution >= 4 is 5.97 Å². The molecule has 0 bridgehead atoms. The summed E-state index contributed by atoms with van der Waals surface area (Å²) in [6.07, 6.45) is 16.2. The van der Waals surface area contributed by atoms with E-state index in [0.29, 0.717) is 33.2 Å². The summed E-state index contributed by atoms with van der Waals surface area (Å²) in [5.41, 5.74) is 3.95. The summed E-state index contributed by atoms with van der Waals surface area (Å²) in [6.45, 7) is 19.7. The fraction of sp³-hybridized carbons (Fsp3) is 0.839. The Labute approximate surface area is 203 Å². The molecule has 0 saturated heterocycles. The third kappa shape index (κ3) is 3.59. The fourth-order valence-corrected chi connectivity index (χ4v) is 9.70. The van der Waals surface area contributed by atoms with Crippen LogP contribution < -0.4 is 0 Å². The number of hydrogen-bond acceptors (Lipinski definition) is 1. The number of rotatable bonds is 5. The van der Waals surface area contributed by atoms with Crippen LogP contribution >= 0.6 is 0 Å². The molecule has 4 aliphatic carbocycles. The Hall–Kier alpha value is -1.05. The molecule has 1 N–H and O–H groups in total. The van der Waals surface area contributed by atoms with Gasteiger partial charge in [0, 0.05) is 5.57 Å². The van der Waals surface area contributed by atoms with Crippen molar-refractivity contribution in [1.29, 1.82) is 0 Å². The van der Waals surface area contributed by atoms with E-state index in [0.717, 1.165) is 36.5 Å². The molecule has 0 aromatic heterocycles. The number of carboxylic acids is 1. The molecule has 0 spiro atoms. The first kappa shape index (κ1) is 25.1. The topological polar surface area (TPSA) is 37.3 Å². The summed E-state index contributed by atoms with van der Waals surface area (Å²) in [5, 5.41) is 9.17. The Morgan fingerprint density at radius 1 is 1.12 bits per heavy atom. The normalized spacial score (nSPS) is 45.5. The van der Waals surface area contributed by atoms with Crippen molar-refractivity contribution in [1.82, 2.24) is 0 Å². The number of carbonyl (C=O) groups is 1. The average Bonchev–Trinajstić information content (AvgIpc) is 3.02. The molecule has 2 nitrogen and oxygen atoms in total. The van der Waals surface area contributed by atoms with Crippen LogP contribution in [0.25, 0.3) is 0 Å². The van der Waals surface area contributed by atoms with Crippen LogP contribution in [0.5, 0.6) is 0 Å². The van der Waals surface area contributed by atoms with Gasteiger partial charge in [0.05, 0.1) is 0 Å². The summed E-state index contributed by atoms with van der Waals surface area (Å²) < 4.78 is 0. The summed E-state index contributed by atoms with van der Waals surface area (Å²) in [7, 11) is 0. The number of hydrogen-bond donors (Lipinski definition) is 1. The second-order valence-corrected chi connectivity index (χ2v) is 13.9. The van der Waals surface area contributed by atoms with E-state index in [-0.39, 0.29) is 0 Å². The predicted molar refractivity (Wildman–Crippen MR) is 138 cm³/mol. The molecule has 3 unspecified atom stereocenters. The molecule has 0 amide bonds. The third-order valence-corrected chi connectivity index (χ3v) is 12.5. The molecule has 33 heavy (non-hydrogen) atoms. The van der Waals surface area contributed by atoms with Crippen LogP contribution in [0.15, 0.2) is 23.3 Å². The van der Waals surface area contributed by atoms with Crippen LogP contribution in [0.1, 0.15) is 113 Å². The van der Waals surface area contributed by atoms with E-state index in [1.165, 1.54) is 44.9 Å². The van der Waals surface area contributed by atoms with E-state index in [2.05, 4.69) is 54.5 Å². The molecule has 8 atom stereocenters. The monoisotopic (exact) mass is 454 g/mol. The quantitative estimate of drug-likeness (QED) is 0.333. The smallest absolute Gasteiger partial charge is 0.330 e. The fourth-order valence-electron chi connectivity index (χ4n) is 9.70. The van der Waals surface area contributed by atoms with Crippen LogP contribution in [0, 0.1) is 51.2 Å². The average molecular weight is 455 g/mol. The molecule has 0 aromatic rings. The zero-order chi connectivity index (χ0) is 24.4. The van der Waals surface area contributed by atoms with Crippen molar-refractivity contribution in [3.63, 3.8) is 0 Å². The Bertz CT molecular complexity index is 849. The summed E-state index contributed by atoms with van der Waals surface area (Å²) in [6, 6.07) is 0. The predicted octanol–water partition coefficient (Wildman–Crippen LogP) is 8.67. The van der Waals surface area contributed by atoms with Gasteiger partial charge in [0.2, 0.25) is 0 Å². The minimum absolute atomic E-state index is 0.336. The lowest BCUT2D eigenvalue weighted by molar-refractivity contribution is -0.132. The first-order valence-corrected chi connectivity index (χ1v) is 13.9. The van der Waals surface area contributed by atoms with Gasteiger partial charge in [-0.25, -0.2) is 4.79 Å². The zero-order valence-electron chi connectivity index (χ0n) is 22.8. The lowest BCUT2D eigenvalue weighted by Crippen LogP contribution is -2.56. The lowest BCUT2D eigenvalue weighted by atomic mass is 9.40. The van der Waals surface area contributed by atoms with Gasteiger partial charge in [-0.3, -0.25) is 0 Å². The molecule has 0 aliphatic heterocycles. The van der Waals surface area contributed by atoms with Gasteiger partial charge in [-0.15, -0.1) is 0 Å². The molecule has 2 heteroatoms. The number of allylic oxidation sites excluding steroid dienone is 3. The second kappa shape index (κ2) is 8.27. The number of fused-ring (bicyclic) bond motifs is 5. The summed E-state index contributed by atoms with van der Waals surface area (Å²) in [4.78, 5) is 11.2. The maximum atomic E-state index is 11.2. The molecular weight excluding hydrogens is 404 g/mol. The Kier molecular flexibility index (Phi) is 6.28. The Balaban J connectivity index is 1.58. The first-order chi connectivity index (χ1) is 15.3. The van der Waals surface area contributed by atoms with E-state index >= 15 is 0 Å². The molecule has 3 saturated carbocycles. The van der Waals surface area contributed by atoms with Gasteiger partial charge in [-0.1, -0.05) is 66.2 Å². The highest BCUT2D eigenvalue weighted by Crippen LogP contribution is 2.73. The largest absolute Gasteiger partial charge is 0.478 e. The van der Waals surface area contributed by atoms with Crippen molar-refractivity contribution in [2.45, 2.75) is 113 Å². The Morgan fingerprint density at radius 2 is 1.82 bits per heavy atom. The lowest BCUT2D eigenvalue weighted by Gasteiger charge is -2.64. The van der Waals surface area contributed by atoms with Crippen LogP contribution in [0.4, 0.5) is 0 Å². The van der Waals surface area contributed by atoms with E-state index in [1.54, 1.807) is 6.92 Å². The number of aliphatic carboxylic acids is 1. The third-order valence-electron chi connectivity index (χ3n) is 12.5. The molecular formula is C31H50O2. The van der Waals surface area contributed by atoms with Gasteiger partial charge in [0.25, 0.3) is 0 Å². The highest BCUT2D eigenvalue weighted by Gasteiger charge is 2.64. The van der Waals surface area contributed by atoms with Crippen LogP contribution in [-0.2, 0) is 4.79 Å². The van der Waals surface area contributed by atoms with Gasteiger partial charge in [-0.05, 0) is 116 Å². The minimum atomic E-state index is -0.780. The van der Waals surface area contributed by atoms with Gasteiger partial charge in [0.15, 0.2) is 0 Å². The van der Waals surface area contributed by atoms with Crippen molar-refractivity contribution < 1.29 is 9.90 Å². The van der Waals surface area contributed by atoms with Crippen molar-refractivity contribution in [3.8, 4) is 0 Å². The number of carboxylic acid groups (broad SMARTS) is 1. The maximum Gasteiger partial charge on any atom is 0.330 e. The molecule has 3 fully saturated rings. The van der Waals surface area contributed by atoms with Crippen molar-refractivity contribution in [2.75, 3.05) is 0 Å². The van der Waals surface area contributed by atoms with Crippen LogP contribution in [-0.4, -0.2) is 11.1 Å². The Morgan fingerprint density at radius 3 is 2.48 bits per heavy atom. The second-order valence-electron chi connectivity index (χ2n) is 13.9.